The lowest BCUT2D eigenvalue weighted by Crippen LogP contribution is -2.14. The molecular formula is C19H12BrIN4O. The van der Waals surface area contributed by atoms with Crippen molar-refractivity contribution in [2.45, 2.75) is 0 Å². The van der Waals surface area contributed by atoms with Crippen molar-refractivity contribution in [2.75, 3.05) is 5.32 Å². The second-order valence-corrected chi connectivity index (χ2v) is 7.67. The zero-order chi connectivity index (χ0) is 18.1. The third-order valence-electron chi connectivity index (χ3n) is 3.85. The number of nitrogens with one attached hydrogen (secondary N) is 2. The van der Waals surface area contributed by atoms with Gasteiger partial charge < -0.3 is 10.3 Å². The molecule has 26 heavy (non-hydrogen) atoms. The van der Waals surface area contributed by atoms with Gasteiger partial charge in [-0.25, -0.2) is 9.97 Å². The first-order valence-electron chi connectivity index (χ1n) is 7.78. The van der Waals surface area contributed by atoms with Gasteiger partial charge in [-0.2, -0.15) is 0 Å². The molecule has 0 saturated carbocycles. The lowest BCUT2D eigenvalue weighted by atomic mass is 10.1. The van der Waals surface area contributed by atoms with Crippen molar-refractivity contribution in [3.8, 4) is 11.4 Å². The number of fused-ring (bicyclic) bond motifs is 1. The number of halogens is 2. The average Bonchev–Trinajstić information content (AvgIpc) is 3.05. The van der Waals surface area contributed by atoms with Crippen LogP contribution in [0.1, 0.15) is 10.4 Å². The van der Waals surface area contributed by atoms with Gasteiger partial charge in [-0.15, -0.1) is 0 Å². The standard InChI is InChI=1S/C19H12BrIN4O/c20-11-9-16-18(22-10-11)25-17(23-16)13-6-2-4-8-15(13)24-19(26)12-5-1-3-7-14(12)21/h1-10H,(H,24,26)(H,22,23,25). The Balaban J connectivity index is 1.72. The summed E-state index contributed by atoms with van der Waals surface area (Å²) in [6.07, 6.45) is 1.71. The number of hydrogen-bond acceptors (Lipinski definition) is 3. The van der Waals surface area contributed by atoms with Crippen molar-refractivity contribution < 1.29 is 4.79 Å². The van der Waals surface area contributed by atoms with E-state index in [0.717, 1.165) is 19.1 Å². The molecule has 0 bridgehead atoms. The number of amides is 1. The van der Waals surface area contributed by atoms with E-state index in [2.05, 4.69) is 58.8 Å². The third-order valence-corrected chi connectivity index (χ3v) is 5.23. The van der Waals surface area contributed by atoms with Gasteiger partial charge in [0.05, 0.1) is 16.8 Å². The number of anilines is 1. The zero-order valence-electron chi connectivity index (χ0n) is 13.3. The number of carbonyl (C=O) groups excluding carboxylic acids is 1. The van der Waals surface area contributed by atoms with Crippen molar-refractivity contribution >= 4 is 61.3 Å². The number of pyridine rings is 1. The minimum Gasteiger partial charge on any atom is -0.336 e. The van der Waals surface area contributed by atoms with E-state index in [9.17, 15) is 4.79 Å². The van der Waals surface area contributed by atoms with Crippen LogP contribution in [0, 0.1) is 3.57 Å². The molecule has 2 N–H and O–H groups in total. The van der Waals surface area contributed by atoms with Crippen LogP contribution >= 0.6 is 38.5 Å². The smallest absolute Gasteiger partial charge is 0.256 e. The van der Waals surface area contributed by atoms with Crippen molar-refractivity contribution in [2.24, 2.45) is 0 Å². The zero-order valence-corrected chi connectivity index (χ0v) is 17.1. The van der Waals surface area contributed by atoms with Crippen LogP contribution in [-0.4, -0.2) is 20.9 Å². The van der Waals surface area contributed by atoms with E-state index in [0.29, 0.717) is 22.7 Å². The molecule has 0 unspecified atom stereocenters. The highest BCUT2D eigenvalue weighted by molar-refractivity contribution is 14.1. The number of hydrogen-bond donors (Lipinski definition) is 2. The summed E-state index contributed by atoms with van der Waals surface area (Å²) in [6, 6.07) is 17.0. The predicted molar refractivity (Wildman–Crippen MR) is 114 cm³/mol. The van der Waals surface area contributed by atoms with E-state index in [1.807, 2.05) is 54.6 Å². The van der Waals surface area contributed by atoms with Gasteiger partial charge in [0.2, 0.25) is 0 Å². The fraction of sp³-hybridized carbons (Fsp3) is 0. The normalized spacial score (nSPS) is 10.8. The summed E-state index contributed by atoms with van der Waals surface area (Å²) in [5.74, 6) is 0.503. The Hall–Kier alpha value is -2.26. The van der Waals surface area contributed by atoms with E-state index < -0.39 is 0 Å². The van der Waals surface area contributed by atoms with E-state index in [1.54, 1.807) is 6.20 Å². The minimum absolute atomic E-state index is 0.153. The Morgan fingerprint density at radius 2 is 1.88 bits per heavy atom. The molecule has 0 fully saturated rings. The van der Waals surface area contributed by atoms with E-state index >= 15 is 0 Å². The van der Waals surface area contributed by atoms with E-state index in [4.69, 9.17) is 0 Å². The van der Waals surface area contributed by atoms with Crippen LogP contribution in [-0.2, 0) is 0 Å². The fourth-order valence-corrected chi connectivity index (χ4v) is 3.60. The fourth-order valence-electron chi connectivity index (χ4n) is 2.64. The number of rotatable bonds is 3. The summed E-state index contributed by atoms with van der Waals surface area (Å²) in [5.41, 5.74) is 3.59. The largest absolute Gasteiger partial charge is 0.336 e. The van der Waals surface area contributed by atoms with Crippen LogP contribution in [0.25, 0.3) is 22.6 Å². The minimum atomic E-state index is -0.153. The number of aromatic amines is 1. The number of H-pyrrole nitrogens is 1. The second kappa shape index (κ2) is 7.16. The molecular weight excluding hydrogens is 507 g/mol. The number of imidazole rings is 1. The van der Waals surface area contributed by atoms with Gasteiger partial charge in [0.1, 0.15) is 5.82 Å². The molecule has 2 heterocycles. The highest BCUT2D eigenvalue weighted by Gasteiger charge is 2.14. The molecule has 2 aromatic carbocycles. The Morgan fingerprint density at radius 1 is 1.12 bits per heavy atom. The molecule has 0 atom stereocenters. The monoisotopic (exact) mass is 518 g/mol. The van der Waals surface area contributed by atoms with Crippen molar-refractivity contribution in [1.82, 2.24) is 15.0 Å². The summed E-state index contributed by atoms with van der Waals surface area (Å²) >= 11 is 5.57. The van der Waals surface area contributed by atoms with Gasteiger partial charge >= 0.3 is 0 Å². The number of aromatic nitrogens is 3. The topological polar surface area (TPSA) is 70.7 Å². The molecule has 5 nitrogen and oxygen atoms in total. The molecule has 1 amide bonds. The Labute approximate surface area is 171 Å². The lowest BCUT2D eigenvalue weighted by molar-refractivity contribution is 0.102. The molecule has 0 aliphatic rings. The highest BCUT2D eigenvalue weighted by atomic mass is 127. The number of para-hydroxylation sites is 1. The van der Waals surface area contributed by atoms with Crippen LogP contribution in [0.3, 0.4) is 0 Å². The van der Waals surface area contributed by atoms with Gasteiger partial charge in [0.25, 0.3) is 5.91 Å². The average molecular weight is 519 g/mol. The molecule has 0 spiro atoms. The van der Waals surface area contributed by atoms with Crippen LogP contribution in [0.15, 0.2) is 65.3 Å². The molecule has 7 heteroatoms. The molecule has 128 valence electrons. The Morgan fingerprint density at radius 3 is 2.73 bits per heavy atom. The van der Waals surface area contributed by atoms with Crippen LogP contribution < -0.4 is 5.32 Å². The molecule has 0 radical (unpaired) electrons. The first-order chi connectivity index (χ1) is 12.6. The van der Waals surface area contributed by atoms with E-state index in [1.165, 1.54) is 0 Å². The number of carbonyl (C=O) groups is 1. The molecule has 4 aromatic rings. The maximum atomic E-state index is 12.7. The Bertz CT molecular complexity index is 1130. The third kappa shape index (κ3) is 3.36. The second-order valence-electron chi connectivity index (χ2n) is 5.59. The Kier molecular flexibility index (Phi) is 4.73. The van der Waals surface area contributed by atoms with Gasteiger partial charge in [0, 0.05) is 19.8 Å². The SMILES string of the molecule is O=C(Nc1ccccc1-c1nc2ncc(Br)cc2[nH]1)c1ccccc1I. The highest BCUT2D eigenvalue weighted by Crippen LogP contribution is 2.28. The lowest BCUT2D eigenvalue weighted by Gasteiger charge is -2.10. The summed E-state index contributed by atoms with van der Waals surface area (Å²) < 4.78 is 1.78. The summed E-state index contributed by atoms with van der Waals surface area (Å²) in [6.45, 7) is 0. The van der Waals surface area contributed by atoms with Crippen LogP contribution in [0.4, 0.5) is 5.69 Å². The van der Waals surface area contributed by atoms with Gasteiger partial charge in [-0.3, -0.25) is 4.79 Å². The summed E-state index contributed by atoms with van der Waals surface area (Å²) in [7, 11) is 0. The maximum Gasteiger partial charge on any atom is 0.256 e. The first kappa shape index (κ1) is 17.2. The number of nitrogens with zero attached hydrogens (tertiary/aromatic N) is 2. The quantitative estimate of drug-likeness (QED) is 0.364. The van der Waals surface area contributed by atoms with Crippen molar-refractivity contribution in [1.29, 1.82) is 0 Å². The maximum absolute atomic E-state index is 12.7. The van der Waals surface area contributed by atoms with Crippen molar-refractivity contribution in [3.05, 3.63) is 74.4 Å². The van der Waals surface area contributed by atoms with Gasteiger partial charge in [0.15, 0.2) is 5.65 Å². The summed E-state index contributed by atoms with van der Waals surface area (Å²) in [5, 5.41) is 2.99. The first-order valence-corrected chi connectivity index (χ1v) is 9.65. The molecule has 2 aromatic heterocycles. The molecule has 4 rings (SSSR count). The molecule has 0 saturated heterocycles. The molecule has 0 aliphatic carbocycles. The predicted octanol–water partition coefficient (Wildman–Crippen LogP) is 5.24. The van der Waals surface area contributed by atoms with Crippen LogP contribution in [0.5, 0.6) is 0 Å². The van der Waals surface area contributed by atoms with Gasteiger partial charge in [-0.05, 0) is 68.9 Å². The molecule has 0 aliphatic heterocycles. The van der Waals surface area contributed by atoms with E-state index in [-0.39, 0.29) is 5.91 Å². The number of benzene rings is 2. The van der Waals surface area contributed by atoms with Crippen LogP contribution in [0.2, 0.25) is 0 Å². The summed E-state index contributed by atoms with van der Waals surface area (Å²) in [4.78, 5) is 24.8. The van der Waals surface area contributed by atoms with Crippen molar-refractivity contribution in [3.63, 3.8) is 0 Å². The van der Waals surface area contributed by atoms with Gasteiger partial charge in [-0.1, -0.05) is 24.3 Å².